The molecule has 0 saturated carbocycles. The van der Waals surface area contributed by atoms with Crippen molar-refractivity contribution in [2.75, 3.05) is 0 Å². The Kier molecular flexibility index (Phi) is 3.01. The summed E-state index contributed by atoms with van der Waals surface area (Å²) in [5, 5.41) is 1.32. The molecule has 2 heteroatoms. The van der Waals surface area contributed by atoms with Gasteiger partial charge in [0, 0.05) is 34.8 Å². The zero-order valence-electron chi connectivity index (χ0n) is 14.4. The van der Waals surface area contributed by atoms with Crippen LogP contribution in [0, 0.1) is 6.92 Å². The van der Waals surface area contributed by atoms with Gasteiger partial charge in [0.05, 0.1) is 5.92 Å². The molecule has 1 aromatic heterocycles. The monoisotopic (exact) mass is 325 g/mol. The quantitative estimate of drug-likeness (QED) is 0.381. The largest absolute Gasteiger partial charge is 0.457 e. The number of ether oxygens (including phenoxy) is 1. The van der Waals surface area contributed by atoms with Gasteiger partial charge in [-0.15, -0.1) is 0 Å². The van der Waals surface area contributed by atoms with E-state index >= 15 is 0 Å². The number of hydrogen-bond donors (Lipinski definition) is 0. The maximum atomic E-state index is 6.17. The van der Waals surface area contributed by atoms with Crippen LogP contribution in [0.5, 0.6) is 11.5 Å². The van der Waals surface area contributed by atoms with Gasteiger partial charge in [-0.2, -0.15) is 0 Å². The first-order valence-corrected chi connectivity index (χ1v) is 8.65. The van der Waals surface area contributed by atoms with E-state index in [0.717, 1.165) is 11.5 Å². The molecule has 0 aliphatic carbocycles. The van der Waals surface area contributed by atoms with Crippen LogP contribution in [-0.2, 0) is 7.05 Å². The molecular formula is C23H19NO. The average molecular weight is 325 g/mol. The van der Waals surface area contributed by atoms with E-state index < -0.39 is 0 Å². The van der Waals surface area contributed by atoms with Crippen molar-refractivity contribution in [1.29, 1.82) is 0 Å². The van der Waals surface area contributed by atoms with Gasteiger partial charge in [0.1, 0.15) is 11.5 Å². The summed E-state index contributed by atoms with van der Waals surface area (Å²) in [7, 11) is 2.17. The Morgan fingerprint density at radius 1 is 0.760 bits per heavy atom. The minimum atomic E-state index is 0.179. The van der Waals surface area contributed by atoms with Gasteiger partial charge in [-0.1, -0.05) is 54.6 Å². The van der Waals surface area contributed by atoms with Crippen molar-refractivity contribution in [3.05, 3.63) is 95.2 Å². The Labute approximate surface area is 147 Å². The Hall–Kier alpha value is -3.00. The highest BCUT2D eigenvalue weighted by atomic mass is 16.5. The smallest absolute Gasteiger partial charge is 0.131 e. The summed E-state index contributed by atoms with van der Waals surface area (Å²) in [5.74, 6) is 2.09. The Morgan fingerprint density at radius 2 is 1.32 bits per heavy atom. The highest BCUT2D eigenvalue weighted by Gasteiger charge is 2.31. The molecule has 1 aliphatic rings. The average Bonchev–Trinajstić information content (AvgIpc) is 2.91. The molecule has 0 N–H and O–H groups in total. The molecule has 0 amide bonds. The van der Waals surface area contributed by atoms with Crippen molar-refractivity contribution in [1.82, 2.24) is 4.57 Å². The van der Waals surface area contributed by atoms with Crippen LogP contribution in [0.4, 0.5) is 0 Å². The summed E-state index contributed by atoms with van der Waals surface area (Å²) in [6.07, 6.45) is 0. The van der Waals surface area contributed by atoms with Crippen LogP contribution in [0.1, 0.15) is 28.3 Å². The molecular weight excluding hydrogens is 306 g/mol. The Bertz CT molecular complexity index is 1020. The van der Waals surface area contributed by atoms with E-state index in [2.05, 4.69) is 79.2 Å². The molecule has 5 rings (SSSR count). The van der Waals surface area contributed by atoms with Gasteiger partial charge in [0.25, 0.3) is 0 Å². The van der Waals surface area contributed by atoms with E-state index in [4.69, 9.17) is 4.74 Å². The molecule has 1 aliphatic heterocycles. The second-order valence-corrected chi connectivity index (χ2v) is 6.70. The second kappa shape index (κ2) is 5.25. The molecule has 3 aromatic carbocycles. The summed E-state index contributed by atoms with van der Waals surface area (Å²) in [6.45, 7) is 2.23. The zero-order valence-corrected chi connectivity index (χ0v) is 14.4. The molecule has 25 heavy (non-hydrogen) atoms. The molecule has 0 radical (unpaired) electrons. The fourth-order valence-electron chi connectivity index (χ4n) is 4.22. The number of aromatic nitrogens is 1. The lowest BCUT2D eigenvalue weighted by Gasteiger charge is -2.29. The molecule has 0 spiro atoms. The van der Waals surface area contributed by atoms with Gasteiger partial charge in [-0.05, 0) is 30.7 Å². The summed E-state index contributed by atoms with van der Waals surface area (Å²) in [6, 6.07) is 25.4. The number of rotatable bonds is 1. The topological polar surface area (TPSA) is 14.2 Å². The van der Waals surface area contributed by atoms with Gasteiger partial charge in [0.2, 0.25) is 0 Å². The molecule has 0 atom stereocenters. The SMILES string of the molecule is Cc1c(C2c3ccccc3Oc3ccccc32)n(C)c2ccccc12. The predicted octanol–water partition coefficient (Wildman–Crippen LogP) is 5.77. The molecule has 0 saturated heterocycles. The summed E-state index contributed by atoms with van der Waals surface area (Å²) in [4.78, 5) is 0. The lowest BCUT2D eigenvalue weighted by Crippen LogP contribution is -2.15. The van der Waals surface area contributed by atoms with Crippen molar-refractivity contribution in [2.45, 2.75) is 12.8 Å². The van der Waals surface area contributed by atoms with E-state index in [1.807, 2.05) is 12.1 Å². The van der Waals surface area contributed by atoms with Crippen LogP contribution < -0.4 is 4.74 Å². The molecule has 4 aromatic rings. The summed E-state index contributed by atoms with van der Waals surface area (Å²) < 4.78 is 8.52. The standard InChI is InChI=1S/C23H19NO/c1-15-16-9-3-6-12-19(16)24(2)23(15)22-17-10-4-7-13-20(17)25-21-14-8-5-11-18(21)22/h3-14,22H,1-2H3. The van der Waals surface area contributed by atoms with E-state index in [9.17, 15) is 0 Å². The summed E-state index contributed by atoms with van der Waals surface area (Å²) >= 11 is 0. The lowest BCUT2D eigenvalue weighted by atomic mass is 9.84. The Morgan fingerprint density at radius 3 is 1.96 bits per heavy atom. The Balaban J connectivity index is 1.86. The normalized spacial score (nSPS) is 13.4. The number of fused-ring (bicyclic) bond motifs is 3. The van der Waals surface area contributed by atoms with Crippen LogP contribution >= 0.6 is 0 Å². The van der Waals surface area contributed by atoms with Gasteiger partial charge in [0.15, 0.2) is 0 Å². The summed E-state index contributed by atoms with van der Waals surface area (Å²) in [5.41, 5.74) is 6.42. The molecule has 122 valence electrons. The number of nitrogens with zero attached hydrogens (tertiary/aromatic N) is 1. The third-order valence-corrected chi connectivity index (χ3v) is 5.37. The lowest BCUT2D eigenvalue weighted by molar-refractivity contribution is 0.450. The third-order valence-electron chi connectivity index (χ3n) is 5.37. The minimum Gasteiger partial charge on any atom is -0.457 e. The first-order valence-electron chi connectivity index (χ1n) is 8.65. The van der Waals surface area contributed by atoms with Crippen LogP contribution in [0.25, 0.3) is 10.9 Å². The molecule has 0 unspecified atom stereocenters. The van der Waals surface area contributed by atoms with Crippen molar-refractivity contribution >= 4 is 10.9 Å². The van der Waals surface area contributed by atoms with Crippen molar-refractivity contribution in [3.63, 3.8) is 0 Å². The molecule has 0 bridgehead atoms. The second-order valence-electron chi connectivity index (χ2n) is 6.70. The van der Waals surface area contributed by atoms with Crippen molar-refractivity contribution < 1.29 is 4.74 Å². The van der Waals surface area contributed by atoms with Crippen molar-refractivity contribution in [3.8, 4) is 11.5 Å². The molecule has 2 nitrogen and oxygen atoms in total. The minimum absolute atomic E-state index is 0.179. The van der Waals surface area contributed by atoms with Gasteiger partial charge in [-0.25, -0.2) is 0 Å². The van der Waals surface area contributed by atoms with Crippen LogP contribution in [0.15, 0.2) is 72.8 Å². The van der Waals surface area contributed by atoms with Crippen LogP contribution in [0.2, 0.25) is 0 Å². The van der Waals surface area contributed by atoms with Gasteiger partial charge < -0.3 is 9.30 Å². The fraction of sp³-hybridized carbons (Fsp3) is 0.130. The first kappa shape index (κ1) is 14.4. The maximum absolute atomic E-state index is 6.17. The van der Waals surface area contributed by atoms with Crippen molar-refractivity contribution in [2.24, 2.45) is 7.05 Å². The van der Waals surface area contributed by atoms with Crippen LogP contribution in [-0.4, -0.2) is 4.57 Å². The number of para-hydroxylation sites is 3. The highest BCUT2D eigenvalue weighted by molar-refractivity contribution is 5.86. The van der Waals surface area contributed by atoms with E-state index in [0.29, 0.717) is 0 Å². The van der Waals surface area contributed by atoms with Gasteiger partial charge in [-0.3, -0.25) is 0 Å². The number of aryl methyl sites for hydroxylation is 2. The predicted molar refractivity (Wildman–Crippen MR) is 102 cm³/mol. The molecule has 2 heterocycles. The van der Waals surface area contributed by atoms with Gasteiger partial charge >= 0.3 is 0 Å². The first-order chi connectivity index (χ1) is 12.3. The number of benzene rings is 3. The highest BCUT2D eigenvalue weighted by Crippen LogP contribution is 2.48. The maximum Gasteiger partial charge on any atom is 0.131 e. The third kappa shape index (κ3) is 1.97. The van der Waals surface area contributed by atoms with Crippen LogP contribution in [0.3, 0.4) is 0 Å². The van der Waals surface area contributed by atoms with E-state index in [1.165, 1.54) is 33.3 Å². The number of hydrogen-bond acceptors (Lipinski definition) is 1. The van der Waals surface area contributed by atoms with E-state index in [-0.39, 0.29) is 5.92 Å². The fourth-order valence-corrected chi connectivity index (χ4v) is 4.22. The molecule has 0 fully saturated rings. The zero-order chi connectivity index (χ0) is 17.0. The van der Waals surface area contributed by atoms with E-state index in [1.54, 1.807) is 0 Å².